The lowest BCUT2D eigenvalue weighted by atomic mass is 9.74. The Morgan fingerprint density at radius 1 is 0.491 bits per heavy atom. The first-order chi connectivity index (χ1) is 26.0. The molecule has 0 aliphatic heterocycles. The minimum Gasteiger partial charge on any atom is -0.455 e. The third-order valence-corrected chi connectivity index (χ3v) is 11.0. The van der Waals surface area contributed by atoms with Crippen molar-refractivity contribution in [2.24, 2.45) is 0 Å². The van der Waals surface area contributed by atoms with Crippen molar-refractivity contribution in [3.8, 4) is 11.3 Å². The smallest absolute Gasteiger partial charge is 0.144 e. The van der Waals surface area contributed by atoms with Crippen molar-refractivity contribution in [2.75, 3.05) is 0 Å². The minimum absolute atomic E-state index is 0.380. The van der Waals surface area contributed by atoms with Crippen molar-refractivity contribution < 1.29 is 4.42 Å². The molecule has 0 N–H and O–H groups in total. The first-order valence-corrected chi connectivity index (χ1v) is 18.3. The molecule has 53 heavy (non-hydrogen) atoms. The lowest BCUT2D eigenvalue weighted by Gasteiger charge is -2.30. The molecule has 0 radical (unpaired) electrons. The van der Waals surface area contributed by atoms with E-state index in [9.17, 15) is 0 Å². The first-order valence-electron chi connectivity index (χ1n) is 18.3. The van der Waals surface area contributed by atoms with Crippen molar-refractivity contribution in [1.82, 2.24) is 15.0 Å². The van der Waals surface area contributed by atoms with Gasteiger partial charge in [0.25, 0.3) is 0 Å². The second-order valence-corrected chi connectivity index (χ2v) is 14.5. The predicted octanol–water partition coefficient (Wildman–Crippen LogP) is 11.7. The number of fused-ring (bicyclic) bond motifs is 5. The molecule has 0 spiro atoms. The maximum atomic E-state index is 6.92. The van der Waals surface area contributed by atoms with Gasteiger partial charge >= 0.3 is 0 Å². The van der Waals surface area contributed by atoms with Crippen LogP contribution >= 0.6 is 0 Å². The zero-order valence-electron chi connectivity index (χ0n) is 29.9. The van der Waals surface area contributed by atoms with Crippen molar-refractivity contribution in [2.45, 2.75) is 37.5 Å². The van der Waals surface area contributed by atoms with Crippen molar-refractivity contribution >= 4 is 32.7 Å². The van der Waals surface area contributed by atoms with Crippen LogP contribution in [0.4, 0.5) is 0 Å². The summed E-state index contributed by atoms with van der Waals surface area (Å²) in [5.74, 6) is 0. The molecule has 4 heterocycles. The molecular formula is C49H39N3O. The van der Waals surface area contributed by atoms with Gasteiger partial charge in [0.1, 0.15) is 11.2 Å². The molecule has 4 heteroatoms. The molecule has 5 aromatic carbocycles. The number of nitrogens with zero attached hydrogens (tertiary/aromatic N) is 3. The molecule has 4 nitrogen and oxygen atoms in total. The van der Waals surface area contributed by atoms with E-state index < -0.39 is 0 Å². The molecule has 4 aromatic heterocycles. The van der Waals surface area contributed by atoms with E-state index in [2.05, 4.69) is 166 Å². The van der Waals surface area contributed by atoms with E-state index in [1.165, 1.54) is 16.7 Å². The molecule has 9 rings (SSSR count). The van der Waals surface area contributed by atoms with E-state index in [0.717, 1.165) is 67.5 Å². The Balaban J connectivity index is 1.23. The summed E-state index contributed by atoms with van der Waals surface area (Å²) in [5, 5.41) is 4.45. The average molecular weight is 686 g/mol. The molecule has 2 atom stereocenters. The summed E-state index contributed by atoms with van der Waals surface area (Å²) in [4.78, 5) is 15.2. The third-order valence-electron chi connectivity index (χ3n) is 11.0. The normalized spacial score (nSPS) is 13.9. The number of hydrogen-bond acceptors (Lipinski definition) is 4. The molecule has 9 aromatic rings. The van der Waals surface area contributed by atoms with Crippen LogP contribution in [-0.4, -0.2) is 15.0 Å². The summed E-state index contributed by atoms with van der Waals surface area (Å²) in [6, 6.07) is 57.6. The second kappa shape index (κ2) is 13.3. The summed E-state index contributed by atoms with van der Waals surface area (Å²) in [6.45, 7) is 4.57. The van der Waals surface area contributed by atoms with Crippen LogP contribution < -0.4 is 0 Å². The van der Waals surface area contributed by atoms with Crippen LogP contribution in [0.15, 0.2) is 181 Å². The molecule has 0 amide bonds. The van der Waals surface area contributed by atoms with Gasteiger partial charge in [-0.05, 0) is 96.9 Å². The zero-order chi connectivity index (χ0) is 35.8. The number of furan rings is 1. The molecule has 0 saturated heterocycles. The number of aromatic nitrogens is 3. The molecular weight excluding hydrogens is 647 g/mol. The molecule has 0 aliphatic rings. The van der Waals surface area contributed by atoms with Crippen LogP contribution in [0, 0.1) is 0 Å². The second-order valence-electron chi connectivity index (χ2n) is 14.5. The van der Waals surface area contributed by atoms with Crippen LogP contribution in [0.25, 0.3) is 44.0 Å². The van der Waals surface area contributed by atoms with Crippen LogP contribution in [0.1, 0.15) is 47.6 Å². The van der Waals surface area contributed by atoms with E-state index in [1.54, 1.807) is 0 Å². The van der Waals surface area contributed by atoms with Gasteiger partial charge in [0.15, 0.2) is 0 Å². The highest BCUT2D eigenvalue weighted by Gasteiger charge is 2.33. The van der Waals surface area contributed by atoms with E-state index in [0.29, 0.717) is 6.42 Å². The van der Waals surface area contributed by atoms with E-state index in [-0.39, 0.29) is 10.8 Å². The molecule has 0 fully saturated rings. The number of pyridine rings is 3. The lowest BCUT2D eigenvalue weighted by Crippen LogP contribution is -2.28. The van der Waals surface area contributed by atoms with E-state index in [1.807, 2.05) is 24.5 Å². The van der Waals surface area contributed by atoms with Gasteiger partial charge in [-0.15, -0.1) is 0 Å². The van der Waals surface area contributed by atoms with Gasteiger partial charge in [-0.2, -0.15) is 0 Å². The summed E-state index contributed by atoms with van der Waals surface area (Å²) in [6.07, 6.45) is 5.19. The minimum atomic E-state index is -0.385. The monoisotopic (exact) mass is 685 g/mol. The van der Waals surface area contributed by atoms with Crippen LogP contribution in [0.5, 0.6) is 0 Å². The largest absolute Gasteiger partial charge is 0.455 e. The summed E-state index contributed by atoms with van der Waals surface area (Å²) in [7, 11) is 0. The van der Waals surface area contributed by atoms with Crippen molar-refractivity contribution in [3.63, 3.8) is 0 Å². The van der Waals surface area contributed by atoms with Crippen LogP contribution in [-0.2, 0) is 23.7 Å². The maximum absolute atomic E-state index is 6.92. The average Bonchev–Trinajstić information content (AvgIpc) is 3.61. The molecule has 256 valence electrons. The topological polar surface area (TPSA) is 51.8 Å². The van der Waals surface area contributed by atoms with Gasteiger partial charge in [-0.25, -0.2) is 0 Å². The van der Waals surface area contributed by atoms with Gasteiger partial charge in [0, 0.05) is 57.1 Å². The van der Waals surface area contributed by atoms with Gasteiger partial charge in [-0.3, -0.25) is 15.0 Å². The van der Waals surface area contributed by atoms with Crippen LogP contribution in [0.2, 0.25) is 0 Å². The summed E-state index contributed by atoms with van der Waals surface area (Å²) in [5.41, 5.74) is 9.49. The first kappa shape index (κ1) is 32.5. The highest BCUT2D eigenvalue weighted by molar-refractivity contribution is 6.17. The SMILES string of the molecule is CC(Cc1cc(-c2cccc(CC(C)(c3ccccc3)c3ccccn3)n2)c2oc3c4ccccc4ccc3c2c1)(c1ccccc1)c1ccccn1. The zero-order valence-corrected chi connectivity index (χ0v) is 29.9. The predicted molar refractivity (Wildman–Crippen MR) is 216 cm³/mol. The lowest BCUT2D eigenvalue weighted by molar-refractivity contribution is 0.541. The third kappa shape index (κ3) is 5.87. The number of rotatable bonds is 9. The Morgan fingerprint density at radius 2 is 1.11 bits per heavy atom. The van der Waals surface area contributed by atoms with Crippen molar-refractivity contribution in [1.29, 1.82) is 0 Å². The fourth-order valence-corrected chi connectivity index (χ4v) is 8.13. The Kier molecular flexibility index (Phi) is 8.16. The molecule has 0 saturated carbocycles. The molecule has 0 bridgehead atoms. The highest BCUT2D eigenvalue weighted by Crippen LogP contribution is 2.42. The maximum Gasteiger partial charge on any atom is 0.144 e. The van der Waals surface area contributed by atoms with Crippen LogP contribution in [0.3, 0.4) is 0 Å². The molecule has 2 unspecified atom stereocenters. The Bertz CT molecular complexity index is 2610. The van der Waals surface area contributed by atoms with E-state index in [4.69, 9.17) is 19.4 Å². The fourth-order valence-electron chi connectivity index (χ4n) is 8.13. The van der Waals surface area contributed by atoms with Gasteiger partial charge in [-0.1, -0.05) is 109 Å². The summed E-state index contributed by atoms with van der Waals surface area (Å²) < 4.78 is 6.92. The molecule has 0 aliphatic carbocycles. The Labute approximate surface area is 309 Å². The Hall–Kier alpha value is -6.39. The Morgan fingerprint density at radius 3 is 1.77 bits per heavy atom. The van der Waals surface area contributed by atoms with Gasteiger partial charge in [0.05, 0.1) is 17.1 Å². The van der Waals surface area contributed by atoms with Gasteiger partial charge < -0.3 is 4.42 Å². The number of benzene rings is 5. The van der Waals surface area contributed by atoms with E-state index >= 15 is 0 Å². The highest BCUT2D eigenvalue weighted by atomic mass is 16.3. The fraction of sp³-hybridized carbons (Fsp3) is 0.122. The quantitative estimate of drug-likeness (QED) is 0.152. The van der Waals surface area contributed by atoms with Crippen molar-refractivity contribution in [3.05, 3.63) is 210 Å². The van der Waals surface area contributed by atoms with Gasteiger partial charge in [0.2, 0.25) is 0 Å². The standard InChI is InChI=1S/C49H39N3O/c1-48(36-17-5-3-6-18-36,44-24-11-13-28-50-44)32-34-30-41-40-27-26-35-16-9-10-22-39(35)46(40)53-47(41)42(31-34)43-23-15-21-38(52-43)33-49(2,37-19-7-4-8-20-37)45-25-12-14-29-51-45/h3-31H,32-33H2,1-2H3. The summed E-state index contributed by atoms with van der Waals surface area (Å²) >= 11 is 0. The number of hydrogen-bond donors (Lipinski definition) is 0.